The van der Waals surface area contributed by atoms with Crippen molar-refractivity contribution in [2.45, 2.75) is 45.0 Å². The number of primary amides is 1. The molecule has 0 spiro atoms. The van der Waals surface area contributed by atoms with E-state index in [0.29, 0.717) is 17.3 Å². The summed E-state index contributed by atoms with van der Waals surface area (Å²) in [5, 5.41) is 16.7. The summed E-state index contributed by atoms with van der Waals surface area (Å²) < 4.78 is 5.04. The molecule has 0 radical (unpaired) electrons. The van der Waals surface area contributed by atoms with Crippen LogP contribution in [0, 0.1) is 0 Å². The molecule has 5 N–H and O–H groups in total. The van der Waals surface area contributed by atoms with Crippen LogP contribution in [0.1, 0.15) is 25.8 Å². The zero-order valence-electron chi connectivity index (χ0n) is 18.0. The van der Waals surface area contributed by atoms with Crippen LogP contribution in [0.3, 0.4) is 0 Å². The fourth-order valence-electron chi connectivity index (χ4n) is 2.27. The zero-order chi connectivity index (χ0) is 25.0. The molecule has 0 aliphatic carbocycles. The summed E-state index contributed by atoms with van der Waals surface area (Å²) in [4.78, 5) is 70.5. The first kappa shape index (κ1) is 27.4. The van der Waals surface area contributed by atoms with Crippen LogP contribution in [-0.4, -0.2) is 58.8 Å². The molecule has 0 heterocycles. The van der Waals surface area contributed by atoms with Crippen LogP contribution in [0.25, 0.3) is 0 Å². The van der Waals surface area contributed by atoms with E-state index in [0.717, 1.165) is 0 Å². The van der Waals surface area contributed by atoms with Gasteiger partial charge < -0.3 is 36.3 Å². The van der Waals surface area contributed by atoms with Gasteiger partial charge in [0.05, 0.1) is 5.97 Å². The lowest BCUT2D eigenvalue weighted by molar-refractivity contribution is -0.301. The van der Waals surface area contributed by atoms with Crippen molar-refractivity contribution in [3.8, 4) is 0 Å². The normalized spacial score (nSPS) is 13.0. The molecule has 1 unspecified atom stereocenters. The van der Waals surface area contributed by atoms with Crippen LogP contribution in [0.2, 0.25) is 0 Å². The number of amides is 4. The van der Waals surface area contributed by atoms with Gasteiger partial charge in [0, 0.05) is 12.2 Å². The Morgan fingerprint density at radius 1 is 0.970 bits per heavy atom. The van der Waals surface area contributed by atoms with E-state index in [4.69, 9.17) is 10.5 Å². The average molecular weight is 482 g/mol. The van der Waals surface area contributed by atoms with Crippen molar-refractivity contribution < 1.29 is 38.6 Å². The van der Waals surface area contributed by atoms with E-state index in [2.05, 4.69) is 16.0 Å². The highest BCUT2D eigenvalue weighted by Crippen LogP contribution is 2.09. The van der Waals surface area contributed by atoms with E-state index in [-0.39, 0.29) is 6.61 Å². The van der Waals surface area contributed by atoms with E-state index in [1.807, 2.05) is 0 Å². The van der Waals surface area contributed by atoms with Gasteiger partial charge in [0.15, 0.2) is 5.12 Å². The number of nitrogens with one attached hydrogen (secondary N) is 3. The molecule has 33 heavy (non-hydrogen) atoms. The number of thioether (sulfide) groups is 1. The molecule has 0 aliphatic rings. The first-order valence-corrected chi connectivity index (χ1v) is 10.7. The topological polar surface area (TPSA) is 197 Å². The van der Waals surface area contributed by atoms with Crippen molar-refractivity contribution in [2.75, 3.05) is 5.75 Å². The van der Waals surface area contributed by atoms with Gasteiger partial charge >= 0.3 is 6.09 Å². The molecule has 13 heteroatoms. The van der Waals surface area contributed by atoms with Crippen molar-refractivity contribution in [1.29, 1.82) is 0 Å². The minimum atomic E-state index is -1.47. The lowest BCUT2D eigenvalue weighted by Gasteiger charge is -2.21. The van der Waals surface area contributed by atoms with Crippen LogP contribution < -0.4 is 26.8 Å². The summed E-state index contributed by atoms with van der Waals surface area (Å²) in [5.41, 5.74) is 5.76. The maximum absolute atomic E-state index is 12.6. The second-order valence-corrected chi connectivity index (χ2v) is 7.89. The highest BCUT2D eigenvalue weighted by Gasteiger charge is 2.28. The van der Waals surface area contributed by atoms with Crippen LogP contribution >= 0.6 is 11.8 Å². The number of ether oxygens (including phenoxy) is 1. The van der Waals surface area contributed by atoms with Gasteiger partial charge in [0.1, 0.15) is 24.7 Å². The smallest absolute Gasteiger partial charge is 0.408 e. The highest BCUT2D eigenvalue weighted by molar-refractivity contribution is 8.14. The zero-order valence-corrected chi connectivity index (χ0v) is 18.8. The molecule has 1 rings (SSSR count). The Hall–Kier alpha value is -3.61. The van der Waals surface area contributed by atoms with Crippen molar-refractivity contribution >= 4 is 46.7 Å². The fraction of sp³-hybridized carbons (Fsp3) is 0.400. The first-order valence-electron chi connectivity index (χ1n) is 9.72. The largest absolute Gasteiger partial charge is 0.549 e. The molecular weight excluding hydrogens is 456 g/mol. The Balaban J connectivity index is 2.78. The molecule has 0 aromatic heterocycles. The summed E-state index contributed by atoms with van der Waals surface area (Å²) in [6, 6.07) is 5.10. The predicted molar refractivity (Wildman–Crippen MR) is 115 cm³/mol. The molecule has 3 atom stereocenters. The van der Waals surface area contributed by atoms with Gasteiger partial charge in [-0.3, -0.25) is 19.2 Å². The number of carboxylic acids is 1. The van der Waals surface area contributed by atoms with E-state index >= 15 is 0 Å². The van der Waals surface area contributed by atoms with Crippen LogP contribution in [-0.2, 0) is 35.3 Å². The maximum Gasteiger partial charge on any atom is 0.408 e. The average Bonchev–Trinajstić information content (AvgIpc) is 2.76. The van der Waals surface area contributed by atoms with Gasteiger partial charge in [-0.1, -0.05) is 42.1 Å². The Morgan fingerprint density at radius 3 is 2.15 bits per heavy atom. The van der Waals surface area contributed by atoms with Crippen molar-refractivity contribution in [1.82, 2.24) is 16.0 Å². The van der Waals surface area contributed by atoms with E-state index in [1.54, 1.807) is 30.3 Å². The number of carboxylic acid groups (broad SMARTS) is 1. The lowest BCUT2D eigenvalue weighted by Crippen LogP contribution is -2.55. The summed E-state index contributed by atoms with van der Waals surface area (Å²) in [5.74, 6) is -4.51. The Morgan fingerprint density at radius 2 is 1.58 bits per heavy atom. The summed E-state index contributed by atoms with van der Waals surface area (Å²) in [6.07, 6.45) is -1.58. The standard InChI is InChI=1S/C20H26N4O8S/c1-11(17(21)28)22-18(29)12(2)23-19(30)14(8-16(27)33-10-15(25)26)24-20(31)32-9-13-6-4-3-5-7-13/h3-7,11-12,14H,8-10H2,1-2H3,(H2,21,28)(H,22,29)(H,23,30)(H,24,31)(H,25,26)/p-1/t11-,12-,14?/m0/s1. The van der Waals surface area contributed by atoms with Gasteiger partial charge in [-0.15, -0.1) is 0 Å². The van der Waals surface area contributed by atoms with Gasteiger partial charge in [0.25, 0.3) is 0 Å². The Kier molecular flexibility index (Phi) is 11.4. The third kappa shape index (κ3) is 11.0. The molecule has 0 bridgehead atoms. The number of nitrogens with two attached hydrogens (primary N) is 1. The fourth-order valence-corrected chi connectivity index (χ4v) is 2.83. The molecule has 0 saturated carbocycles. The van der Waals surface area contributed by atoms with Crippen molar-refractivity contribution in [2.24, 2.45) is 5.73 Å². The third-order valence-corrected chi connectivity index (χ3v) is 4.95. The van der Waals surface area contributed by atoms with E-state index in [9.17, 15) is 33.9 Å². The van der Waals surface area contributed by atoms with Crippen LogP contribution in [0.5, 0.6) is 0 Å². The number of rotatable bonds is 12. The van der Waals surface area contributed by atoms with Crippen LogP contribution in [0.15, 0.2) is 30.3 Å². The number of hydrogen-bond acceptors (Lipinski definition) is 9. The SMILES string of the molecule is C[C@H](NC(=O)[C@H](C)NC(=O)C(CC(=O)SCC(=O)[O-])NC(=O)OCc1ccccc1)C(N)=O. The highest BCUT2D eigenvalue weighted by atomic mass is 32.2. The van der Waals surface area contributed by atoms with Gasteiger partial charge in [-0.25, -0.2) is 4.79 Å². The Labute approximate surface area is 194 Å². The van der Waals surface area contributed by atoms with Gasteiger partial charge in [-0.2, -0.15) is 0 Å². The number of hydrogen-bond donors (Lipinski definition) is 4. The van der Waals surface area contributed by atoms with E-state index < -0.39 is 65.2 Å². The third-order valence-electron chi connectivity index (χ3n) is 4.08. The molecule has 0 aliphatic heterocycles. The number of alkyl carbamates (subject to hydrolysis) is 1. The predicted octanol–water partition coefficient (Wildman–Crippen LogP) is -1.82. The molecule has 12 nitrogen and oxygen atoms in total. The number of benzene rings is 1. The molecule has 180 valence electrons. The van der Waals surface area contributed by atoms with Gasteiger partial charge in [-0.05, 0) is 19.4 Å². The summed E-state index contributed by atoms with van der Waals surface area (Å²) in [7, 11) is 0. The minimum absolute atomic E-state index is 0.0990. The minimum Gasteiger partial charge on any atom is -0.549 e. The molecule has 1 aromatic rings. The molecule has 0 fully saturated rings. The van der Waals surface area contributed by atoms with E-state index in [1.165, 1.54) is 13.8 Å². The molecular formula is C20H25N4O8S-. The number of aliphatic carboxylic acids is 1. The second kappa shape index (κ2) is 13.7. The first-order chi connectivity index (χ1) is 15.5. The monoisotopic (exact) mass is 481 g/mol. The molecule has 1 aromatic carbocycles. The summed E-state index contributed by atoms with van der Waals surface area (Å²) in [6.45, 7) is 2.58. The Bertz CT molecular complexity index is 880. The summed E-state index contributed by atoms with van der Waals surface area (Å²) >= 11 is 0.401. The number of carbonyl (C=O) groups is 6. The molecule has 4 amide bonds. The number of carbonyl (C=O) groups excluding carboxylic acids is 6. The van der Waals surface area contributed by atoms with Crippen LogP contribution in [0.4, 0.5) is 4.79 Å². The maximum atomic E-state index is 12.6. The van der Waals surface area contributed by atoms with Crippen molar-refractivity contribution in [3.63, 3.8) is 0 Å². The lowest BCUT2D eigenvalue weighted by atomic mass is 10.2. The second-order valence-electron chi connectivity index (χ2n) is 6.86. The molecule has 0 saturated heterocycles. The van der Waals surface area contributed by atoms with Crippen molar-refractivity contribution in [3.05, 3.63) is 35.9 Å². The van der Waals surface area contributed by atoms with Gasteiger partial charge in [0.2, 0.25) is 17.7 Å². The quantitative estimate of drug-likeness (QED) is 0.265.